The summed E-state index contributed by atoms with van der Waals surface area (Å²) >= 11 is 0. The van der Waals surface area contributed by atoms with Crippen LogP contribution >= 0.6 is 0 Å². The summed E-state index contributed by atoms with van der Waals surface area (Å²) in [6.45, 7) is 1.51. The molecule has 0 fully saturated rings. The number of carbonyl (C=O) groups excluding carboxylic acids is 1. The fraction of sp³-hybridized carbons (Fsp3) is 0.0667. The summed E-state index contributed by atoms with van der Waals surface area (Å²) in [6, 6.07) is 14.3. The number of fused-ring (bicyclic) bond motifs is 1. The van der Waals surface area contributed by atoms with Gasteiger partial charge in [-0.1, -0.05) is 42.5 Å². The van der Waals surface area contributed by atoms with Crippen LogP contribution in [0.2, 0.25) is 0 Å². The first-order valence-corrected chi connectivity index (χ1v) is 5.80. The smallest absolute Gasteiger partial charge is 0.194 e. The third kappa shape index (κ3) is 1.70. The van der Waals surface area contributed by atoms with E-state index in [4.69, 9.17) is 0 Å². The number of ketones is 1. The van der Waals surface area contributed by atoms with Gasteiger partial charge in [-0.25, -0.2) is 4.98 Å². The molecule has 1 N–H and O–H groups in total. The highest BCUT2D eigenvalue weighted by molar-refractivity contribution is 5.97. The van der Waals surface area contributed by atoms with E-state index >= 15 is 0 Å². The molecule has 0 amide bonds. The van der Waals surface area contributed by atoms with Crippen LogP contribution in [0.4, 0.5) is 0 Å². The van der Waals surface area contributed by atoms with Gasteiger partial charge in [0, 0.05) is 12.5 Å². The second kappa shape index (κ2) is 4.11. The van der Waals surface area contributed by atoms with Gasteiger partial charge in [0.2, 0.25) is 0 Å². The summed E-state index contributed by atoms with van der Waals surface area (Å²) in [5, 5.41) is 2.33. The van der Waals surface area contributed by atoms with Gasteiger partial charge in [0.1, 0.15) is 0 Å². The number of carbonyl (C=O) groups is 1. The minimum Gasteiger partial charge on any atom is -0.335 e. The number of benzene rings is 2. The molecule has 0 saturated heterocycles. The van der Waals surface area contributed by atoms with E-state index in [1.807, 2.05) is 24.3 Å². The molecule has 18 heavy (non-hydrogen) atoms. The van der Waals surface area contributed by atoms with E-state index in [0.717, 1.165) is 16.6 Å². The van der Waals surface area contributed by atoms with Crippen molar-refractivity contribution in [3.8, 4) is 11.3 Å². The minimum absolute atomic E-state index is 0.0542. The van der Waals surface area contributed by atoms with Crippen molar-refractivity contribution in [1.82, 2.24) is 9.97 Å². The van der Waals surface area contributed by atoms with Crippen LogP contribution in [0.3, 0.4) is 0 Å². The Hall–Kier alpha value is -2.42. The van der Waals surface area contributed by atoms with Crippen molar-refractivity contribution < 1.29 is 4.79 Å². The maximum absolute atomic E-state index is 11.3. The van der Waals surface area contributed by atoms with Crippen LogP contribution < -0.4 is 0 Å². The van der Waals surface area contributed by atoms with Crippen LogP contribution in [-0.2, 0) is 0 Å². The Morgan fingerprint density at radius 2 is 1.89 bits per heavy atom. The molecule has 0 radical (unpaired) electrons. The number of Topliss-reactive ketones (excluding diaryl/α,β-unsaturated/α-hetero) is 1. The number of rotatable bonds is 2. The fourth-order valence-corrected chi connectivity index (χ4v) is 2.10. The third-order valence-corrected chi connectivity index (χ3v) is 2.99. The van der Waals surface area contributed by atoms with Gasteiger partial charge < -0.3 is 4.98 Å². The molecule has 0 aliphatic heterocycles. The van der Waals surface area contributed by atoms with Crippen molar-refractivity contribution in [2.45, 2.75) is 6.92 Å². The monoisotopic (exact) mass is 236 g/mol. The lowest BCUT2D eigenvalue weighted by atomic mass is 10.0. The molecule has 1 heterocycles. The zero-order chi connectivity index (χ0) is 12.5. The minimum atomic E-state index is -0.0542. The van der Waals surface area contributed by atoms with Crippen molar-refractivity contribution in [1.29, 1.82) is 0 Å². The zero-order valence-corrected chi connectivity index (χ0v) is 9.97. The van der Waals surface area contributed by atoms with Crippen molar-refractivity contribution in [3.05, 3.63) is 54.5 Å². The predicted octanol–water partition coefficient (Wildman–Crippen LogP) is 3.43. The van der Waals surface area contributed by atoms with Gasteiger partial charge in [-0.15, -0.1) is 0 Å². The quantitative estimate of drug-likeness (QED) is 0.693. The first-order chi connectivity index (χ1) is 8.75. The highest BCUT2D eigenvalue weighted by atomic mass is 16.1. The van der Waals surface area contributed by atoms with Gasteiger partial charge in [-0.05, 0) is 10.8 Å². The van der Waals surface area contributed by atoms with E-state index in [9.17, 15) is 4.79 Å². The number of aromatic amines is 1. The second-order valence-corrected chi connectivity index (χ2v) is 4.23. The summed E-state index contributed by atoms with van der Waals surface area (Å²) in [6.07, 6.45) is 1.71. The van der Waals surface area contributed by atoms with Crippen LogP contribution in [0.15, 0.2) is 48.7 Å². The van der Waals surface area contributed by atoms with Gasteiger partial charge in [-0.3, -0.25) is 4.79 Å². The Kier molecular flexibility index (Phi) is 2.45. The second-order valence-electron chi connectivity index (χ2n) is 4.23. The van der Waals surface area contributed by atoms with E-state index < -0.39 is 0 Å². The number of hydrogen-bond acceptors (Lipinski definition) is 2. The number of nitrogens with zero attached hydrogens (tertiary/aromatic N) is 1. The molecule has 0 bridgehead atoms. The van der Waals surface area contributed by atoms with Gasteiger partial charge in [0.05, 0.1) is 11.9 Å². The molecule has 3 heteroatoms. The molecular formula is C15H12N2O. The fourth-order valence-electron chi connectivity index (χ4n) is 2.10. The van der Waals surface area contributed by atoms with Crippen LogP contribution in [0.25, 0.3) is 22.0 Å². The molecule has 3 rings (SSSR count). The summed E-state index contributed by atoms with van der Waals surface area (Å²) < 4.78 is 0. The number of H-pyrrole nitrogens is 1. The van der Waals surface area contributed by atoms with E-state index in [0.29, 0.717) is 5.82 Å². The van der Waals surface area contributed by atoms with Crippen LogP contribution in [0.5, 0.6) is 0 Å². The standard InChI is InChI=1S/C15H12N2O/c1-10(18)15-16-9-14(17-15)13-8-4-6-11-5-2-3-7-12(11)13/h2-9H,1H3,(H,16,17). The molecule has 2 aromatic carbocycles. The maximum atomic E-state index is 11.3. The van der Waals surface area contributed by atoms with Crippen molar-refractivity contribution in [2.75, 3.05) is 0 Å². The normalized spacial score (nSPS) is 10.7. The third-order valence-electron chi connectivity index (χ3n) is 2.99. The summed E-state index contributed by atoms with van der Waals surface area (Å²) in [5.74, 6) is 0.347. The van der Waals surface area contributed by atoms with Crippen LogP contribution in [0.1, 0.15) is 17.5 Å². The van der Waals surface area contributed by atoms with E-state index in [1.165, 1.54) is 12.3 Å². The summed E-state index contributed by atoms with van der Waals surface area (Å²) in [7, 11) is 0. The molecule has 1 aromatic heterocycles. The molecule has 0 unspecified atom stereocenters. The van der Waals surface area contributed by atoms with Gasteiger partial charge in [-0.2, -0.15) is 0 Å². The van der Waals surface area contributed by atoms with E-state index in [2.05, 4.69) is 28.2 Å². The highest BCUT2D eigenvalue weighted by Crippen LogP contribution is 2.27. The summed E-state index contributed by atoms with van der Waals surface area (Å²) in [5.41, 5.74) is 1.94. The first-order valence-electron chi connectivity index (χ1n) is 5.80. The zero-order valence-electron chi connectivity index (χ0n) is 9.97. The van der Waals surface area contributed by atoms with Gasteiger partial charge in [0.25, 0.3) is 0 Å². The molecule has 3 nitrogen and oxygen atoms in total. The molecular weight excluding hydrogens is 224 g/mol. The topological polar surface area (TPSA) is 45.8 Å². The van der Waals surface area contributed by atoms with Crippen LogP contribution in [0, 0.1) is 0 Å². The van der Waals surface area contributed by atoms with E-state index in [-0.39, 0.29) is 5.78 Å². The first kappa shape index (κ1) is 10.7. The Labute approximate surface area is 104 Å². The Bertz CT molecular complexity index is 723. The molecule has 0 saturated carbocycles. The average molecular weight is 236 g/mol. The molecule has 0 atom stereocenters. The Morgan fingerprint density at radius 3 is 2.67 bits per heavy atom. The Morgan fingerprint density at radius 1 is 1.11 bits per heavy atom. The SMILES string of the molecule is CC(=O)c1ncc(-c2cccc3ccccc23)[nH]1. The number of nitrogens with one attached hydrogen (secondary N) is 1. The molecule has 0 spiro atoms. The number of aromatic nitrogens is 2. The lowest BCUT2D eigenvalue weighted by molar-refractivity contribution is 0.100. The Balaban J connectivity index is 2.21. The van der Waals surface area contributed by atoms with Crippen molar-refractivity contribution in [3.63, 3.8) is 0 Å². The van der Waals surface area contributed by atoms with Crippen molar-refractivity contribution in [2.24, 2.45) is 0 Å². The van der Waals surface area contributed by atoms with Gasteiger partial charge >= 0.3 is 0 Å². The number of imidazole rings is 1. The molecule has 3 aromatic rings. The largest absolute Gasteiger partial charge is 0.335 e. The van der Waals surface area contributed by atoms with E-state index in [1.54, 1.807) is 6.20 Å². The van der Waals surface area contributed by atoms with Gasteiger partial charge in [0.15, 0.2) is 11.6 Å². The molecule has 88 valence electrons. The molecule has 0 aliphatic rings. The predicted molar refractivity (Wildman–Crippen MR) is 71.5 cm³/mol. The average Bonchev–Trinajstić information content (AvgIpc) is 2.87. The van der Waals surface area contributed by atoms with Crippen LogP contribution in [-0.4, -0.2) is 15.8 Å². The maximum Gasteiger partial charge on any atom is 0.194 e. The number of hydrogen-bond donors (Lipinski definition) is 1. The van der Waals surface area contributed by atoms with Crippen molar-refractivity contribution >= 4 is 16.6 Å². The summed E-state index contributed by atoms with van der Waals surface area (Å²) in [4.78, 5) is 18.4. The lowest BCUT2D eigenvalue weighted by Gasteiger charge is -2.03. The molecule has 0 aliphatic carbocycles. The highest BCUT2D eigenvalue weighted by Gasteiger charge is 2.08. The lowest BCUT2D eigenvalue weighted by Crippen LogP contribution is -1.94.